The molecule has 0 spiro atoms. The number of hydrogen-bond donors (Lipinski definition) is 2. The summed E-state index contributed by atoms with van der Waals surface area (Å²) < 4.78 is 0. The van der Waals surface area contributed by atoms with Gasteiger partial charge in [-0.05, 0) is 31.9 Å². The van der Waals surface area contributed by atoms with Crippen molar-refractivity contribution in [2.75, 3.05) is 31.6 Å². The Bertz CT molecular complexity index is 225. The quantitative estimate of drug-likeness (QED) is 0.405. The molecule has 18 heavy (non-hydrogen) atoms. The Labute approximate surface area is 117 Å². The highest BCUT2D eigenvalue weighted by Gasteiger charge is 2.13. The summed E-state index contributed by atoms with van der Waals surface area (Å²) in [6.07, 6.45) is 10.6. The lowest BCUT2D eigenvalue weighted by Gasteiger charge is -2.11. The first kappa shape index (κ1) is 15.7. The van der Waals surface area contributed by atoms with E-state index in [9.17, 15) is 0 Å². The minimum Gasteiger partial charge on any atom is -0.357 e. The lowest BCUT2D eigenvalue weighted by molar-refractivity contribution is 0.487. The zero-order valence-electron chi connectivity index (χ0n) is 12.0. The molecule has 4 heteroatoms. The highest BCUT2D eigenvalue weighted by atomic mass is 32.2. The van der Waals surface area contributed by atoms with Crippen molar-refractivity contribution in [3.63, 3.8) is 0 Å². The Morgan fingerprint density at radius 2 is 2.06 bits per heavy atom. The van der Waals surface area contributed by atoms with E-state index in [-0.39, 0.29) is 0 Å². The lowest BCUT2D eigenvalue weighted by atomic mass is 10.0. The molecule has 1 aliphatic rings. The second-order valence-corrected chi connectivity index (χ2v) is 5.96. The molecule has 0 aromatic carbocycles. The van der Waals surface area contributed by atoms with Crippen LogP contribution in [0.4, 0.5) is 0 Å². The average molecular weight is 271 g/mol. The van der Waals surface area contributed by atoms with Crippen molar-refractivity contribution in [1.82, 2.24) is 10.6 Å². The van der Waals surface area contributed by atoms with Gasteiger partial charge in [-0.3, -0.25) is 4.99 Å². The third-order valence-corrected chi connectivity index (χ3v) is 4.07. The summed E-state index contributed by atoms with van der Waals surface area (Å²) in [5, 5.41) is 6.67. The third kappa shape index (κ3) is 7.14. The number of rotatable bonds is 8. The molecule has 1 aliphatic carbocycles. The first-order valence-corrected chi connectivity index (χ1v) is 8.77. The maximum absolute atomic E-state index is 4.63. The molecule has 0 atom stereocenters. The summed E-state index contributed by atoms with van der Waals surface area (Å²) in [4.78, 5) is 4.63. The maximum Gasteiger partial charge on any atom is 0.191 e. The summed E-state index contributed by atoms with van der Waals surface area (Å²) in [6.45, 7) is 5.01. The summed E-state index contributed by atoms with van der Waals surface area (Å²) in [7, 11) is 0. The predicted octanol–water partition coefficient (Wildman–Crippen LogP) is 2.87. The van der Waals surface area contributed by atoms with Crippen LogP contribution in [0.2, 0.25) is 0 Å². The fraction of sp³-hybridized carbons (Fsp3) is 0.929. The van der Waals surface area contributed by atoms with Crippen LogP contribution in [0.1, 0.15) is 45.4 Å². The molecule has 0 radical (unpaired) electrons. The van der Waals surface area contributed by atoms with E-state index in [0.29, 0.717) is 0 Å². The highest BCUT2D eigenvalue weighted by molar-refractivity contribution is 7.98. The van der Waals surface area contributed by atoms with E-state index in [1.54, 1.807) is 0 Å². The highest BCUT2D eigenvalue weighted by Crippen LogP contribution is 2.28. The topological polar surface area (TPSA) is 36.4 Å². The number of guanidine groups is 1. The van der Waals surface area contributed by atoms with E-state index in [4.69, 9.17) is 0 Å². The molecule has 0 aliphatic heterocycles. The van der Waals surface area contributed by atoms with Crippen molar-refractivity contribution in [3.8, 4) is 0 Å². The molecule has 1 saturated carbocycles. The second kappa shape index (κ2) is 10.5. The maximum atomic E-state index is 4.63. The van der Waals surface area contributed by atoms with Crippen LogP contribution in [0, 0.1) is 5.92 Å². The van der Waals surface area contributed by atoms with Gasteiger partial charge in [0.2, 0.25) is 0 Å². The van der Waals surface area contributed by atoms with Gasteiger partial charge < -0.3 is 10.6 Å². The standard InChI is InChI=1S/C14H29N3S/c1-3-15-14(17-11-12-18-2)16-10-6-9-13-7-4-5-8-13/h13H,3-12H2,1-2H3,(H2,15,16,17). The van der Waals surface area contributed by atoms with Gasteiger partial charge >= 0.3 is 0 Å². The van der Waals surface area contributed by atoms with Crippen LogP contribution in [0.25, 0.3) is 0 Å². The number of aliphatic imine (C=N–C) groups is 1. The van der Waals surface area contributed by atoms with Gasteiger partial charge in [0.05, 0.1) is 0 Å². The lowest BCUT2D eigenvalue weighted by Crippen LogP contribution is -2.38. The molecule has 0 saturated heterocycles. The molecular formula is C14H29N3S. The number of nitrogens with zero attached hydrogens (tertiary/aromatic N) is 1. The molecular weight excluding hydrogens is 242 g/mol. The Morgan fingerprint density at radius 3 is 2.72 bits per heavy atom. The fourth-order valence-electron chi connectivity index (χ4n) is 2.48. The van der Waals surface area contributed by atoms with E-state index < -0.39 is 0 Å². The SMILES string of the molecule is CCNC(=NCCCC1CCCC1)NCCSC. The van der Waals surface area contributed by atoms with Crippen molar-refractivity contribution in [3.05, 3.63) is 0 Å². The molecule has 0 amide bonds. The van der Waals surface area contributed by atoms with E-state index in [1.165, 1.54) is 38.5 Å². The van der Waals surface area contributed by atoms with Crippen molar-refractivity contribution in [2.45, 2.75) is 45.4 Å². The predicted molar refractivity (Wildman–Crippen MR) is 83.6 cm³/mol. The molecule has 0 bridgehead atoms. The molecule has 1 fully saturated rings. The van der Waals surface area contributed by atoms with Gasteiger partial charge in [0.25, 0.3) is 0 Å². The van der Waals surface area contributed by atoms with E-state index >= 15 is 0 Å². The normalized spacial score (nSPS) is 17.1. The Balaban J connectivity index is 2.13. The number of nitrogens with one attached hydrogen (secondary N) is 2. The van der Waals surface area contributed by atoms with Gasteiger partial charge in [-0.1, -0.05) is 25.7 Å². The van der Waals surface area contributed by atoms with Crippen molar-refractivity contribution in [1.29, 1.82) is 0 Å². The summed E-state index contributed by atoms with van der Waals surface area (Å²) in [6, 6.07) is 0. The first-order valence-electron chi connectivity index (χ1n) is 7.38. The largest absolute Gasteiger partial charge is 0.357 e. The van der Waals surface area contributed by atoms with Gasteiger partial charge in [0, 0.05) is 25.4 Å². The van der Waals surface area contributed by atoms with Gasteiger partial charge in [0.1, 0.15) is 0 Å². The monoisotopic (exact) mass is 271 g/mol. The zero-order chi connectivity index (χ0) is 13.1. The zero-order valence-corrected chi connectivity index (χ0v) is 12.8. The van der Waals surface area contributed by atoms with Crippen molar-refractivity contribution < 1.29 is 0 Å². The van der Waals surface area contributed by atoms with Gasteiger partial charge in [-0.25, -0.2) is 0 Å². The van der Waals surface area contributed by atoms with Crippen molar-refractivity contribution >= 4 is 17.7 Å². The molecule has 1 rings (SSSR count). The smallest absolute Gasteiger partial charge is 0.191 e. The average Bonchev–Trinajstić information content (AvgIpc) is 2.88. The minimum atomic E-state index is 0.938. The van der Waals surface area contributed by atoms with Gasteiger partial charge in [-0.2, -0.15) is 11.8 Å². The molecule has 0 heterocycles. The third-order valence-electron chi connectivity index (χ3n) is 3.46. The summed E-state index contributed by atoms with van der Waals surface area (Å²) in [5.41, 5.74) is 0. The first-order chi connectivity index (χ1) is 8.86. The van der Waals surface area contributed by atoms with E-state index in [2.05, 4.69) is 28.8 Å². The van der Waals surface area contributed by atoms with Gasteiger partial charge in [0.15, 0.2) is 5.96 Å². The van der Waals surface area contributed by atoms with Crippen LogP contribution in [0.5, 0.6) is 0 Å². The van der Waals surface area contributed by atoms with Crippen LogP contribution >= 0.6 is 11.8 Å². The van der Waals surface area contributed by atoms with E-state index in [0.717, 1.165) is 37.3 Å². The molecule has 0 aromatic heterocycles. The number of hydrogen-bond acceptors (Lipinski definition) is 2. The Morgan fingerprint density at radius 1 is 1.28 bits per heavy atom. The second-order valence-electron chi connectivity index (χ2n) is 4.97. The van der Waals surface area contributed by atoms with Crippen LogP contribution in [-0.4, -0.2) is 37.6 Å². The molecule has 0 aromatic rings. The van der Waals surface area contributed by atoms with Crippen LogP contribution in [0.3, 0.4) is 0 Å². The Kier molecular flexibility index (Phi) is 9.17. The molecule has 106 valence electrons. The van der Waals surface area contributed by atoms with Crippen molar-refractivity contribution in [2.24, 2.45) is 10.9 Å². The van der Waals surface area contributed by atoms with E-state index in [1.807, 2.05) is 11.8 Å². The summed E-state index contributed by atoms with van der Waals surface area (Å²) in [5.74, 6) is 3.11. The fourth-order valence-corrected chi connectivity index (χ4v) is 2.79. The summed E-state index contributed by atoms with van der Waals surface area (Å²) >= 11 is 1.86. The minimum absolute atomic E-state index is 0.938. The van der Waals surface area contributed by atoms with Gasteiger partial charge in [-0.15, -0.1) is 0 Å². The molecule has 0 unspecified atom stereocenters. The number of thioether (sulfide) groups is 1. The van der Waals surface area contributed by atoms with Crippen LogP contribution < -0.4 is 10.6 Å². The molecule has 3 nitrogen and oxygen atoms in total. The molecule has 2 N–H and O–H groups in total. The van der Waals surface area contributed by atoms with Crippen LogP contribution in [-0.2, 0) is 0 Å². The van der Waals surface area contributed by atoms with Crippen LogP contribution in [0.15, 0.2) is 4.99 Å². The Hall–Kier alpha value is -0.380.